The number of nitrogens with zero attached hydrogens (tertiary/aromatic N) is 3. The Balaban J connectivity index is 1.68. The maximum absolute atomic E-state index is 13.9. The Kier molecular flexibility index (Phi) is 5.88. The van der Waals surface area contributed by atoms with Crippen LogP contribution in [0.5, 0.6) is 0 Å². The van der Waals surface area contributed by atoms with Gasteiger partial charge in [0.05, 0.1) is 10.7 Å². The van der Waals surface area contributed by atoms with Gasteiger partial charge in [0, 0.05) is 37.1 Å². The summed E-state index contributed by atoms with van der Waals surface area (Å²) in [7, 11) is 1.82. The molecule has 1 aliphatic heterocycles. The standard InChI is InChI=1S/C19H23F2N3O2S/c1-13-22-15(11-27-13)10-23(2)12-19(26)7-4-8-24(18(19)25)9-14-5-3-6-16(20)17(14)21/h3,5-6,11,26H,4,7-10,12H2,1-2H3/t19-/m0/s1. The molecular weight excluding hydrogens is 372 g/mol. The van der Waals surface area contributed by atoms with E-state index in [0.717, 1.165) is 16.8 Å². The molecule has 0 unspecified atom stereocenters. The lowest BCUT2D eigenvalue weighted by Gasteiger charge is -2.40. The highest BCUT2D eigenvalue weighted by atomic mass is 32.1. The molecule has 146 valence electrons. The third-order valence-corrected chi connectivity index (χ3v) is 5.55. The van der Waals surface area contributed by atoms with Crippen LogP contribution in [0.25, 0.3) is 0 Å². The molecule has 0 spiro atoms. The summed E-state index contributed by atoms with van der Waals surface area (Å²) in [5, 5.41) is 13.9. The Labute approximate surface area is 161 Å². The van der Waals surface area contributed by atoms with Gasteiger partial charge in [-0.05, 0) is 32.9 Å². The van der Waals surface area contributed by atoms with Crippen LogP contribution in [0.3, 0.4) is 0 Å². The van der Waals surface area contributed by atoms with Gasteiger partial charge in [0.1, 0.15) is 0 Å². The average Bonchev–Trinajstić information content (AvgIpc) is 3.00. The molecule has 0 radical (unpaired) electrons. The number of halogens is 2. The topological polar surface area (TPSA) is 56.7 Å². The zero-order valence-corrected chi connectivity index (χ0v) is 16.2. The van der Waals surface area contributed by atoms with Crippen LogP contribution in [0.4, 0.5) is 8.78 Å². The monoisotopic (exact) mass is 395 g/mol. The van der Waals surface area contributed by atoms with Crippen LogP contribution < -0.4 is 0 Å². The largest absolute Gasteiger partial charge is 0.379 e. The fraction of sp³-hybridized carbons (Fsp3) is 0.474. The summed E-state index contributed by atoms with van der Waals surface area (Å²) in [4.78, 5) is 20.5. The van der Waals surface area contributed by atoms with E-state index >= 15 is 0 Å². The molecule has 1 amide bonds. The van der Waals surface area contributed by atoms with Crippen molar-refractivity contribution in [2.24, 2.45) is 0 Å². The van der Waals surface area contributed by atoms with Gasteiger partial charge in [0.25, 0.3) is 5.91 Å². The number of carbonyl (C=O) groups excluding carboxylic acids is 1. The van der Waals surface area contributed by atoms with E-state index in [1.54, 1.807) is 11.3 Å². The summed E-state index contributed by atoms with van der Waals surface area (Å²) in [6.07, 6.45) is 0.942. The summed E-state index contributed by atoms with van der Waals surface area (Å²) in [6.45, 7) is 2.96. The van der Waals surface area contributed by atoms with Gasteiger partial charge in [-0.15, -0.1) is 11.3 Å². The number of thiazole rings is 1. The number of amides is 1. The van der Waals surface area contributed by atoms with Crippen molar-refractivity contribution in [3.63, 3.8) is 0 Å². The van der Waals surface area contributed by atoms with Gasteiger partial charge >= 0.3 is 0 Å². The SMILES string of the molecule is Cc1nc(CN(C)C[C@@]2(O)CCCN(Cc3cccc(F)c3F)C2=O)cs1. The number of aromatic nitrogens is 1. The van der Waals surface area contributed by atoms with E-state index in [1.165, 1.54) is 17.0 Å². The van der Waals surface area contributed by atoms with Crippen molar-refractivity contribution in [1.82, 2.24) is 14.8 Å². The Morgan fingerprint density at radius 3 is 2.89 bits per heavy atom. The predicted molar refractivity (Wildman–Crippen MR) is 99.1 cm³/mol. The summed E-state index contributed by atoms with van der Waals surface area (Å²) in [5.41, 5.74) is -0.536. The maximum Gasteiger partial charge on any atom is 0.256 e. The highest BCUT2D eigenvalue weighted by Crippen LogP contribution is 2.26. The lowest BCUT2D eigenvalue weighted by molar-refractivity contribution is -0.160. The van der Waals surface area contributed by atoms with Crippen molar-refractivity contribution in [2.45, 2.75) is 38.5 Å². The van der Waals surface area contributed by atoms with E-state index in [1.807, 2.05) is 24.3 Å². The molecular formula is C19H23F2N3O2S. The number of carbonyl (C=O) groups is 1. The van der Waals surface area contributed by atoms with Crippen molar-refractivity contribution in [2.75, 3.05) is 20.1 Å². The van der Waals surface area contributed by atoms with Crippen molar-refractivity contribution in [1.29, 1.82) is 0 Å². The lowest BCUT2D eigenvalue weighted by atomic mass is 9.90. The second-order valence-electron chi connectivity index (χ2n) is 7.10. The normalized spacial score (nSPS) is 20.5. The van der Waals surface area contributed by atoms with Crippen LogP contribution in [0, 0.1) is 18.6 Å². The number of likely N-dealkylation sites (N-methyl/N-ethyl adjacent to an activating group) is 1. The Hall–Kier alpha value is -1.90. The number of piperidine rings is 1. The molecule has 3 rings (SSSR count). The van der Waals surface area contributed by atoms with Crippen LogP contribution in [-0.2, 0) is 17.9 Å². The molecule has 5 nitrogen and oxygen atoms in total. The van der Waals surface area contributed by atoms with E-state index in [2.05, 4.69) is 4.98 Å². The number of benzene rings is 1. The van der Waals surface area contributed by atoms with Crippen LogP contribution in [0.1, 0.15) is 29.1 Å². The first kappa shape index (κ1) is 19.9. The highest BCUT2D eigenvalue weighted by molar-refractivity contribution is 7.09. The zero-order valence-electron chi connectivity index (χ0n) is 15.4. The molecule has 0 bridgehead atoms. The Morgan fingerprint density at radius 2 is 2.19 bits per heavy atom. The first-order valence-electron chi connectivity index (χ1n) is 8.83. The summed E-state index contributed by atoms with van der Waals surface area (Å²) in [6, 6.07) is 3.91. The number of aliphatic hydroxyl groups is 1. The van der Waals surface area contributed by atoms with Gasteiger partial charge in [0.15, 0.2) is 17.2 Å². The second kappa shape index (κ2) is 8.00. The van der Waals surface area contributed by atoms with Gasteiger partial charge < -0.3 is 10.0 Å². The van der Waals surface area contributed by atoms with Gasteiger partial charge in [-0.25, -0.2) is 13.8 Å². The molecule has 1 aromatic carbocycles. The van der Waals surface area contributed by atoms with Gasteiger partial charge in [-0.2, -0.15) is 0 Å². The van der Waals surface area contributed by atoms with Crippen LogP contribution in [0.15, 0.2) is 23.6 Å². The quantitative estimate of drug-likeness (QED) is 0.817. The Bertz CT molecular complexity index is 829. The van der Waals surface area contributed by atoms with Crippen LogP contribution in [0.2, 0.25) is 0 Å². The molecule has 1 aliphatic rings. The van der Waals surface area contributed by atoms with Crippen molar-refractivity contribution in [3.05, 3.63) is 51.5 Å². The second-order valence-corrected chi connectivity index (χ2v) is 8.17. The van der Waals surface area contributed by atoms with Gasteiger partial charge in [-0.1, -0.05) is 12.1 Å². The fourth-order valence-electron chi connectivity index (χ4n) is 3.50. The van der Waals surface area contributed by atoms with Crippen LogP contribution >= 0.6 is 11.3 Å². The maximum atomic E-state index is 13.9. The number of aryl methyl sites for hydroxylation is 1. The molecule has 8 heteroatoms. The third kappa shape index (κ3) is 4.51. The number of hydrogen-bond acceptors (Lipinski definition) is 5. The molecule has 0 aliphatic carbocycles. The summed E-state index contributed by atoms with van der Waals surface area (Å²) >= 11 is 1.55. The molecule has 1 saturated heterocycles. The lowest BCUT2D eigenvalue weighted by Crippen LogP contribution is -2.57. The molecule has 1 aromatic heterocycles. The first-order chi connectivity index (χ1) is 12.8. The summed E-state index contributed by atoms with van der Waals surface area (Å²) < 4.78 is 27.4. The van der Waals surface area contributed by atoms with E-state index in [9.17, 15) is 18.7 Å². The molecule has 27 heavy (non-hydrogen) atoms. The molecule has 0 saturated carbocycles. The minimum atomic E-state index is -1.54. The van der Waals surface area contributed by atoms with Crippen LogP contribution in [-0.4, -0.2) is 51.5 Å². The molecule has 1 atom stereocenters. The highest BCUT2D eigenvalue weighted by Gasteiger charge is 2.43. The third-order valence-electron chi connectivity index (χ3n) is 4.73. The number of rotatable bonds is 6. The minimum Gasteiger partial charge on any atom is -0.379 e. The molecule has 1 N–H and O–H groups in total. The fourth-order valence-corrected chi connectivity index (χ4v) is 4.10. The van der Waals surface area contributed by atoms with Crippen molar-refractivity contribution < 1.29 is 18.7 Å². The van der Waals surface area contributed by atoms with Gasteiger partial charge in [-0.3, -0.25) is 9.69 Å². The number of hydrogen-bond donors (Lipinski definition) is 1. The molecule has 1 fully saturated rings. The zero-order chi connectivity index (χ0) is 19.6. The molecule has 2 aromatic rings. The first-order valence-corrected chi connectivity index (χ1v) is 9.71. The predicted octanol–water partition coefficient (Wildman–Crippen LogP) is 2.72. The number of likely N-dealkylation sites (tertiary alicyclic amines) is 1. The summed E-state index contributed by atoms with van der Waals surface area (Å²) in [5.74, 6) is -2.33. The van der Waals surface area contributed by atoms with E-state index in [0.29, 0.717) is 25.9 Å². The van der Waals surface area contributed by atoms with Crippen molar-refractivity contribution in [3.8, 4) is 0 Å². The minimum absolute atomic E-state index is 0.0558. The Morgan fingerprint density at radius 1 is 1.41 bits per heavy atom. The van der Waals surface area contributed by atoms with Crippen molar-refractivity contribution >= 4 is 17.2 Å². The van der Waals surface area contributed by atoms with Gasteiger partial charge in [0.2, 0.25) is 0 Å². The molecule has 2 heterocycles. The van der Waals surface area contributed by atoms with E-state index in [4.69, 9.17) is 0 Å². The van der Waals surface area contributed by atoms with E-state index in [-0.39, 0.29) is 18.7 Å². The smallest absolute Gasteiger partial charge is 0.256 e. The van der Waals surface area contributed by atoms with E-state index < -0.39 is 23.1 Å². The average molecular weight is 395 g/mol.